The zero-order valence-electron chi connectivity index (χ0n) is 25.1. The van der Waals surface area contributed by atoms with Crippen LogP contribution in [0.25, 0.3) is 0 Å². The molecule has 0 amide bonds. The van der Waals surface area contributed by atoms with E-state index in [1.165, 1.54) is 18.6 Å². The van der Waals surface area contributed by atoms with Crippen molar-refractivity contribution in [3.63, 3.8) is 0 Å². The normalized spacial score (nSPS) is 11.9. The molecule has 4 atom stereocenters. The van der Waals surface area contributed by atoms with Crippen molar-refractivity contribution in [3.8, 4) is 0 Å². The van der Waals surface area contributed by atoms with E-state index in [4.69, 9.17) is 63.8 Å². The summed E-state index contributed by atoms with van der Waals surface area (Å²) in [7, 11) is 0. The number of rotatable bonds is 21. The van der Waals surface area contributed by atoms with Crippen LogP contribution in [0.1, 0.15) is 115 Å². The third-order valence-electron chi connectivity index (χ3n) is 4.55. The van der Waals surface area contributed by atoms with E-state index in [0.717, 1.165) is 6.42 Å². The predicted molar refractivity (Wildman–Crippen MR) is 229 cm³/mol. The highest BCUT2D eigenvalue weighted by atomic mass is 16.5. The maximum Gasteiger partial charge on any atom is 0.0664 e. The van der Waals surface area contributed by atoms with Crippen LogP contribution in [0.5, 0.6) is 0 Å². The first-order valence-electron chi connectivity index (χ1n) is 13.5. The third-order valence-corrected chi connectivity index (χ3v) is 4.55. The zero-order chi connectivity index (χ0) is 30.4. The van der Waals surface area contributed by atoms with E-state index in [-0.39, 0.29) is 104 Å². The van der Waals surface area contributed by atoms with E-state index in [2.05, 4.69) is 6.92 Å². The molecule has 12 heteroatoms. The second kappa shape index (κ2) is 64.7. The van der Waals surface area contributed by atoms with Gasteiger partial charge in [-0.25, -0.2) is 0 Å². The van der Waals surface area contributed by atoms with Crippen molar-refractivity contribution in [2.45, 2.75) is 139 Å². The van der Waals surface area contributed by atoms with Gasteiger partial charge in [0.25, 0.3) is 0 Å². The van der Waals surface area contributed by atoms with Gasteiger partial charge in [0.05, 0.1) is 66.1 Å². The summed E-state index contributed by atoms with van der Waals surface area (Å²) in [4.78, 5) is 0. The summed E-state index contributed by atoms with van der Waals surface area (Å²) in [5.74, 6) is 0. The lowest BCUT2D eigenvalue weighted by Gasteiger charge is -2.31. The molecule has 0 aliphatic heterocycles. The van der Waals surface area contributed by atoms with Crippen molar-refractivity contribution in [3.05, 3.63) is 36.8 Å². The lowest BCUT2D eigenvalue weighted by Crippen LogP contribution is -2.37. The lowest BCUT2D eigenvalue weighted by molar-refractivity contribution is -0.0588. The number of ether oxygens (including phenoxy) is 5. The quantitative estimate of drug-likeness (QED) is 0.0621. The van der Waals surface area contributed by atoms with E-state index >= 15 is 0 Å². The van der Waals surface area contributed by atoms with Gasteiger partial charge in [-0.15, -0.1) is 0 Å². The summed E-state index contributed by atoms with van der Waals surface area (Å²) in [6.45, 7) is 15.1. The van der Waals surface area contributed by atoms with E-state index in [0.29, 0.717) is 66.1 Å². The van der Waals surface area contributed by atoms with Gasteiger partial charge in [0.1, 0.15) is 0 Å². The molecule has 314 valence electrons. The average Bonchev–Trinajstić information content (AvgIpc) is 2.86. The highest BCUT2D eigenvalue weighted by molar-refractivity contribution is 4.83. The number of nitrogens with two attached hydrogens (primary N) is 7. The van der Waals surface area contributed by atoms with E-state index < -0.39 is 0 Å². The second-order valence-corrected chi connectivity index (χ2v) is 9.67. The molecule has 0 aliphatic carbocycles. The van der Waals surface area contributed by atoms with Crippen LogP contribution < -0.4 is 40.1 Å². The Balaban J connectivity index is -0.0000000365. The molecule has 0 saturated heterocycles. The first kappa shape index (κ1) is 86.2. The van der Waals surface area contributed by atoms with Crippen LogP contribution in [0, 0.1) is 5.41 Å². The fourth-order valence-corrected chi connectivity index (χ4v) is 2.51. The minimum atomic E-state index is -0.201. The number of hydrogen-bond acceptors (Lipinski definition) is 12. The first-order valence-corrected chi connectivity index (χ1v) is 13.5. The van der Waals surface area contributed by atoms with Crippen molar-refractivity contribution in [2.75, 3.05) is 66.1 Å². The fraction of sp³-hybridized carbons (Fsp3) is 0.838. The molecule has 0 aliphatic rings. The van der Waals surface area contributed by atoms with Crippen molar-refractivity contribution in [1.29, 1.82) is 0 Å². The second-order valence-electron chi connectivity index (χ2n) is 9.67. The van der Waals surface area contributed by atoms with Crippen LogP contribution >= 0.6 is 0 Å². The molecule has 0 saturated carbocycles. The Bertz CT molecular complexity index is 500. The molecular weight excluding hydrogens is 622 g/mol. The summed E-state index contributed by atoms with van der Waals surface area (Å²) in [6, 6.07) is 0.458. The Morgan fingerprint density at radius 1 is 0.429 bits per heavy atom. The number of hydrogen-bond donors (Lipinski definition) is 7. The highest BCUT2D eigenvalue weighted by Gasteiger charge is 2.29. The highest BCUT2D eigenvalue weighted by Crippen LogP contribution is 2.24. The molecule has 0 fully saturated rings. The molecule has 0 radical (unpaired) electrons. The molecule has 0 aromatic rings. The smallest absolute Gasteiger partial charge is 0.0664 e. The van der Waals surface area contributed by atoms with E-state index in [9.17, 15) is 0 Å². The van der Waals surface area contributed by atoms with Crippen LogP contribution in [-0.4, -0.2) is 90.2 Å². The summed E-state index contributed by atoms with van der Waals surface area (Å²) in [5, 5.41) is 0. The lowest BCUT2D eigenvalue weighted by atomic mass is 9.88. The summed E-state index contributed by atoms with van der Waals surface area (Å²) >= 11 is 0. The van der Waals surface area contributed by atoms with Crippen molar-refractivity contribution in [2.24, 2.45) is 45.6 Å². The maximum absolute atomic E-state index is 5.63. The minimum absolute atomic E-state index is 0. The van der Waals surface area contributed by atoms with Crippen molar-refractivity contribution < 1.29 is 23.7 Å². The molecule has 0 aromatic heterocycles. The van der Waals surface area contributed by atoms with Gasteiger partial charge in [0.2, 0.25) is 0 Å². The van der Waals surface area contributed by atoms with Gasteiger partial charge in [0, 0.05) is 29.6 Å². The monoisotopic (exact) mass is 724 g/mol. The van der Waals surface area contributed by atoms with Gasteiger partial charge >= 0.3 is 0 Å². The Hall–Kier alpha value is -1.74. The minimum Gasteiger partial charge on any atom is -0.405 e. The van der Waals surface area contributed by atoms with Crippen LogP contribution in [0.3, 0.4) is 0 Å². The molecule has 0 aromatic carbocycles. The van der Waals surface area contributed by atoms with Gasteiger partial charge < -0.3 is 63.8 Å². The van der Waals surface area contributed by atoms with Crippen LogP contribution in [0.4, 0.5) is 0 Å². The van der Waals surface area contributed by atoms with Gasteiger partial charge in [0.15, 0.2) is 0 Å². The molecule has 0 spiro atoms. The standard InChI is InChI=1S/C15H29N3O3.2C6H16N2O.10CH4/c1-2-15(12-19-9-3-6-16,13-20-10-4-7-17)14-21-11-5-8-18;2*1-5(7)3-9-4-6(2)8;;;;;;;;;;/h3-8H,2,9-14,16-18H2,1H3;2*5-6H,3-4,7-8H2,1-2H3;10*1H4/b6-3-,7-4+,8-5+;;;;;;;;;;;;. The Morgan fingerprint density at radius 2 is 0.633 bits per heavy atom. The average molecular weight is 724 g/mol. The molecule has 14 N–H and O–H groups in total. The molecule has 49 heavy (non-hydrogen) atoms. The molecule has 12 nitrogen and oxygen atoms in total. The van der Waals surface area contributed by atoms with Gasteiger partial charge in [-0.3, -0.25) is 0 Å². The van der Waals surface area contributed by atoms with E-state index in [1.807, 2.05) is 27.7 Å². The zero-order valence-corrected chi connectivity index (χ0v) is 25.1. The van der Waals surface area contributed by atoms with Gasteiger partial charge in [-0.05, 0) is 70.9 Å². The van der Waals surface area contributed by atoms with Crippen LogP contribution in [0.2, 0.25) is 0 Å². The predicted octanol–water partition coefficient (Wildman–Crippen LogP) is 6.61. The molecule has 0 bridgehead atoms. The Kier molecular flexibility index (Phi) is 114. The molecule has 0 rings (SSSR count). The third kappa shape index (κ3) is 77.2. The molecule has 4 unspecified atom stereocenters. The Morgan fingerprint density at radius 3 is 0.776 bits per heavy atom. The van der Waals surface area contributed by atoms with Gasteiger partial charge in [-0.2, -0.15) is 0 Å². The van der Waals surface area contributed by atoms with Crippen molar-refractivity contribution >= 4 is 0 Å². The summed E-state index contributed by atoms with van der Waals surface area (Å²) < 4.78 is 27.1. The van der Waals surface area contributed by atoms with Gasteiger partial charge in [-0.1, -0.05) is 81.2 Å². The topological polar surface area (TPSA) is 228 Å². The fourth-order valence-electron chi connectivity index (χ4n) is 2.51. The largest absolute Gasteiger partial charge is 0.405 e. The first-order chi connectivity index (χ1) is 18.5. The van der Waals surface area contributed by atoms with Crippen molar-refractivity contribution in [1.82, 2.24) is 0 Å². The van der Waals surface area contributed by atoms with Crippen LogP contribution in [0.15, 0.2) is 36.8 Å². The Labute approximate surface area is 311 Å². The molecular formula is C37H101N7O5. The maximum atomic E-state index is 5.63. The molecule has 0 heterocycles. The summed E-state index contributed by atoms with van der Waals surface area (Å²) in [5.41, 5.74) is 37.3. The van der Waals surface area contributed by atoms with E-state index in [1.54, 1.807) is 18.2 Å². The summed E-state index contributed by atoms with van der Waals surface area (Å²) in [6.07, 6.45) is 10.6. The SMILES string of the molecule is C.C.C.C.C.C.C.C.C.C.CC(N)COCC(C)N.CC(N)COCC(C)N.CCC(COC/C=C\N)(COC/C=C/N)COC/C=C/N. The van der Waals surface area contributed by atoms with Crippen LogP contribution in [-0.2, 0) is 23.7 Å².